The number of carbonyl (C=O) groups is 1. The fraction of sp³-hybridized carbons (Fsp3) is 0.474. The summed E-state index contributed by atoms with van der Waals surface area (Å²) in [7, 11) is 0. The number of rotatable bonds is 7. The van der Waals surface area contributed by atoms with Crippen molar-refractivity contribution in [1.82, 2.24) is 10.2 Å². The molecule has 0 atom stereocenters. The number of morpholine rings is 1. The Hall–Kier alpha value is -2.36. The summed E-state index contributed by atoms with van der Waals surface area (Å²) in [5.74, 6) is -0.332. The molecular formula is C19H26N4O2. The van der Waals surface area contributed by atoms with Crippen molar-refractivity contribution in [1.29, 1.82) is 5.26 Å². The monoisotopic (exact) mass is 342 g/mol. The van der Waals surface area contributed by atoms with E-state index in [9.17, 15) is 10.1 Å². The average molecular weight is 342 g/mol. The third kappa shape index (κ3) is 5.89. The molecule has 1 aliphatic heterocycles. The second-order valence-electron chi connectivity index (χ2n) is 5.99. The SMILES string of the molecule is CCN(/C=C(/C#N)C(=O)NCCN1CCOCC1)c1cccc(C)c1. The average Bonchev–Trinajstić information content (AvgIpc) is 2.63. The Labute approximate surface area is 149 Å². The molecule has 1 saturated heterocycles. The van der Waals surface area contributed by atoms with Gasteiger partial charge in [-0.2, -0.15) is 5.26 Å². The largest absolute Gasteiger partial charge is 0.379 e. The van der Waals surface area contributed by atoms with Crippen LogP contribution in [-0.4, -0.2) is 56.7 Å². The van der Waals surface area contributed by atoms with Crippen LogP contribution in [0.25, 0.3) is 0 Å². The summed E-state index contributed by atoms with van der Waals surface area (Å²) < 4.78 is 5.30. The molecule has 2 rings (SSSR count). The van der Waals surface area contributed by atoms with Crippen molar-refractivity contribution < 1.29 is 9.53 Å². The maximum atomic E-state index is 12.3. The molecule has 0 aromatic heterocycles. The Kier molecular flexibility index (Phi) is 7.45. The molecule has 0 saturated carbocycles. The first-order chi connectivity index (χ1) is 12.1. The lowest BCUT2D eigenvalue weighted by atomic mass is 10.2. The summed E-state index contributed by atoms with van der Waals surface area (Å²) >= 11 is 0. The Bertz CT molecular complexity index is 645. The molecule has 1 aliphatic rings. The van der Waals surface area contributed by atoms with Crippen molar-refractivity contribution in [2.75, 3.05) is 50.8 Å². The zero-order valence-electron chi connectivity index (χ0n) is 15.0. The van der Waals surface area contributed by atoms with E-state index in [0.29, 0.717) is 13.1 Å². The fourth-order valence-corrected chi connectivity index (χ4v) is 2.70. The van der Waals surface area contributed by atoms with E-state index in [1.807, 2.05) is 49.1 Å². The molecule has 0 bridgehead atoms. The highest BCUT2D eigenvalue weighted by molar-refractivity contribution is 5.97. The van der Waals surface area contributed by atoms with Crippen molar-refractivity contribution in [2.24, 2.45) is 0 Å². The first-order valence-corrected chi connectivity index (χ1v) is 8.67. The highest BCUT2D eigenvalue weighted by atomic mass is 16.5. The van der Waals surface area contributed by atoms with Gasteiger partial charge in [-0.05, 0) is 31.5 Å². The number of nitriles is 1. The molecule has 0 spiro atoms. The zero-order chi connectivity index (χ0) is 18.1. The van der Waals surface area contributed by atoms with Gasteiger partial charge in [0.05, 0.1) is 13.2 Å². The number of hydrogen-bond acceptors (Lipinski definition) is 5. The van der Waals surface area contributed by atoms with Gasteiger partial charge < -0.3 is 15.0 Å². The molecule has 0 radical (unpaired) electrons. The number of hydrogen-bond donors (Lipinski definition) is 1. The van der Waals surface area contributed by atoms with E-state index in [2.05, 4.69) is 10.2 Å². The minimum Gasteiger partial charge on any atom is -0.379 e. The van der Waals surface area contributed by atoms with Crippen LogP contribution in [0.15, 0.2) is 36.0 Å². The molecule has 1 fully saturated rings. The van der Waals surface area contributed by atoms with Crippen LogP contribution in [0.1, 0.15) is 12.5 Å². The maximum Gasteiger partial charge on any atom is 0.263 e. The molecule has 134 valence electrons. The van der Waals surface area contributed by atoms with E-state index >= 15 is 0 Å². The first kappa shape index (κ1) is 19.0. The van der Waals surface area contributed by atoms with Gasteiger partial charge in [0.15, 0.2) is 0 Å². The topological polar surface area (TPSA) is 68.6 Å². The Balaban J connectivity index is 1.95. The molecule has 25 heavy (non-hydrogen) atoms. The second kappa shape index (κ2) is 9.82. The van der Waals surface area contributed by atoms with E-state index in [1.54, 1.807) is 6.20 Å². The van der Waals surface area contributed by atoms with Crippen molar-refractivity contribution >= 4 is 11.6 Å². The normalized spacial score (nSPS) is 15.5. The molecule has 6 heteroatoms. The number of amides is 1. The lowest BCUT2D eigenvalue weighted by Gasteiger charge is -2.26. The number of anilines is 1. The summed E-state index contributed by atoms with van der Waals surface area (Å²) in [6.45, 7) is 9.21. The zero-order valence-corrected chi connectivity index (χ0v) is 15.0. The molecular weight excluding hydrogens is 316 g/mol. The molecule has 1 heterocycles. The predicted octanol–water partition coefficient (Wildman–Crippen LogP) is 1.68. The minimum absolute atomic E-state index is 0.116. The molecule has 6 nitrogen and oxygen atoms in total. The number of ether oxygens (including phenoxy) is 1. The lowest BCUT2D eigenvalue weighted by Crippen LogP contribution is -2.41. The van der Waals surface area contributed by atoms with Gasteiger partial charge in [-0.15, -0.1) is 0 Å². The summed E-state index contributed by atoms with van der Waals surface area (Å²) in [5.41, 5.74) is 2.22. The van der Waals surface area contributed by atoms with Crippen molar-refractivity contribution in [3.63, 3.8) is 0 Å². The smallest absolute Gasteiger partial charge is 0.263 e. The highest BCUT2D eigenvalue weighted by Gasteiger charge is 2.13. The van der Waals surface area contributed by atoms with Crippen molar-refractivity contribution in [3.05, 3.63) is 41.6 Å². The fourth-order valence-electron chi connectivity index (χ4n) is 2.70. The molecule has 1 aromatic rings. The van der Waals surface area contributed by atoms with Crippen LogP contribution >= 0.6 is 0 Å². The van der Waals surface area contributed by atoms with Crippen LogP contribution < -0.4 is 10.2 Å². The van der Waals surface area contributed by atoms with E-state index in [0.717, 1.165) is 44.1 Å². The number of aryl methyl sites for hydroxylation is 1. The van der Waals surface area contributed by atoms with Gasteiger partial charge in [0.1, 0.15) is 11.6 Å². The third-order valence-electron chi connectivity index (χ3n) is 4.14. The van der Waals surface area contributed by atoms with Gasteiger partial charge in [-0.3, -0.25) is 9.69 Å². The Morgan fingerprint density at radius 3 is 2.84 bits per heavy atom. The third-order valence-corrected chi connectivity index (χ3v) is 4.14. The number of nitrogens with zero attached hydrogens (tertiary/aromatic N) is 3. The van der Waals surface area contributed by atoms with Gasteiger partial charge in [0.25, 0.3) is 5.91 Å². The first-order valence-electron chi connectivity index (χ1n) is 8.67. The summed E-state index contributed by atoms with van der Waals surface area (Å²) in [6, 6.07) is 10.0. The molecule has 0 unspecified atom stereocenters. The van der Waals surface area contributed by atoms with Gasteiger partial charge in [-0.25, -0.2) is 0 Å². The number of benzene rings is 1. The standard InChI is InChI=1S/C19H26N4O2/c1-3-23(18-6-4-5-16(2)13-18)15-17(14-20)19(24)21-7-8-22-9-11-25-12-10-22/h4-6,13,15H,3,7-12H2,1-2H3,(H,21,24)/b17-15-. The van der Waals surface area contributed by atoms with Gasteiger partial charge in [0.2, 0.25) is 0 Å². The minimum atomic E-state index is -0.332. The van der Waals surface area contributed by atoms with E-state index in [-0.39, 0.29) is 11.5 Å². The van der Waals surface area contributed by atoms with Crippen molar-refractivity contribution in [3.8, 4) is 6.07 Å². The molecule has 1 amide bonds. The summed E-state index contributed by atoms with van der Waals surface area (Å²) in [6.07, 6.45) is 1.62. The Morgan fingerprint density at radius 1 is 1.44 bits per heavy atom. The predicted molar refractivity (Wildman–Crippen MR) is 98.2 cm³/mol. The number of nitrogens with one attached hydrogen (secondary N) is 1. The van der Waals surface area contributed by atoms with Crippen LogP contribution in [0.3, 0.4) is 0 Å². The van der Waals surface area contributed by atoms with E-state index < -0.39 is 0 Å². The number of carbonyl (C=O) groups excluding carboxylic acids is 1. The van der Waals surface area contributed by atoms with Gasteiger partial charge in [-0.1, -0.05) is 12.1 Å². The summed E-state index contributed by atoms with van der Waals surface area (Å²) in [5, 5.41) is 12.2. The van der Waals surface area contributed by atoms with Crippen LogP contribution in [0, 0.1) is 18.3 Å². The second-order valence-corrected chi connectivity index (χ2v) is 5.99. The molecule has 1 aromatic carbocycles. The highest BCUT2D eigenvalue weighted by Crippen LogP contribution is 2.17. The quantitative estimate of drug-likeness (QED) is 0.603. The van der Waals surface area contributed by atoms with Gasteiger partial charge >= 0.3 is 0 Å². The van der Waals surface area contributed by atoms with Crippen LogP contribution in [0.4, 0.5) is 5.69 Å². The lowest BCUT2D eigenvalue weighted by molar-refractivity contribution is -0.117. The van der Waals surface area contributed by atoms with Crippen LogP contribution in [0.5, 0.6) is 0 Å². The maximum absolute atomic E-state index is 12.3. The Morgan fingerprint density at radius 2 is 2.20 bits per heavy atom. The molecule has 0 aliphatic carbocycles. The van der Waals surface area contributed by atoms with Gasteiger partial charge in [0, 0.05) is 44.6 Å². The van der Waals surface area contributed by atoms with Crippen LogP contribution in [0.2, 0.25) is 0 Å². The van der Waals surface area contributed by atoms with Crippen molar-refractivity contribution in [2.45, 2.75) is 13.8 Å². The van der Waals surface area contributed by atoms with Crippen LogP contribution in [-0.2, 0) is 9.53 Å². The van der Waals surface area contributed by atoms with E-state index in [4.69, 9.17) is 4.74 Å². The summed E-state index contributed by atoms with van der Waals surface area (Å²) in [4.78, 5) is 16.4. The van der Waals surface area contributed by atoms with E-state index in [1.165, 1.54) is 0 Å². The molecule has 1 N–H and O–H groups in total.